The van der Waals surface area contributed by atoms with Gasteiger partial charge in [0.2, 0.25) is 0 Å². The number of halogens is 1. The summed E-state index contributed by atoms with van der Waals surface area (Å²) in [7, 11) is -4.05. The molecule has 3 rings (SSSR count). The van der Waals surface area contributed by atoms with Crippen LogP contribution in [0.5, 0.6) is 0 Å². The number of aliphatic carboxylic acids is 1. The second kappa shape index (κ2) is 9.01. The Bertz CT molecular complexity index is 1160. The van der Waals surface area contributed by atoms with Crippen LogP contribution in [-0.2, 0) is 26.8 Å². The molecule has 10 heteroatoms. The summed E-state index contributed by atoms with van der Waals surface area (Å²) in [5.41, 5.74) is 0.553. The third-order valence-electron chi connectivity index (χ3n) is 5.69. The molecule has 0 amide bonds. The molecule has 0 saturated heterocycles. The molecule has 1 aromatic heterocycles. The van der Waals surface area contributed by atoms with Crippen molar-refractivity contribution in [2.75, 3.05) is 0 Å². The first-order valence-electron chi connectivity index (χ1n) is 10.5. The third-order valence-corrected chi connectivity index (χ3v) is 6.99. The summed E-state index contributed by atoms with van der Waals surface area (Å²) in [5, 5.41) is 16.0. The van der Waals surface area contributed by atoms with Crippen molar-refractivity contribution in [2.45, 2.75) is 69.5 Å². The van der Waals surface area contributed by atoms with Crippen molar-refractivity contribution in [3.05, 3.63) is 35.8 Å². The van der Waals surface area contributed by atoms with Gasteiger partial charge >= 0.3 is 5.97 Å². The number of benzene rings is 1. The first-order valence-corrected chi connectivity index (χ1v) is 12.0. The van der Waals surface area contributed by atoms with Crippen LogP contribution in [0.1, 0.15) is 52.3 Å². The molecule has 1 fully saturated rings. The Hall–Kier alpha value is -2.75. The Morgan fingerprint density at radius 3 is 2.53 bits per heavy atom. The lowest BCUT2D eigenvalue weighted by atomic mass is 9.87. The summed E-state index contributed by atoms with van der Waals surface area (Å²) < 4.78 is 43.1. The van der Waals surface area contributed by atoms with Crippen LogP contribution in [0, 0.1) is 11.3 Å². The van der Waals surface area contributed by atoms with E-state index >= 15 is 0 Å². The number of carboxylic acid groups (broad SMARTS) is 1. The summed E-state index contributed by atoms with van der Waals surface area (Å²) in [6, 6.07) is 4.61. The Morgan fingerprint density at radius 1 is 1.31 bits per heavy atom. The van der Waals surface area contributed by atoms with Gasteiger partial charge in [0.1, 0.15) is 12.0 Å². The molecule has 1 aliphatic carbocycles. The van der Waals surface area contributed by atoms with Gasteiger partial charge in [-0.05, 0) is 49.8 Å². The monoisotopic (exact) mass is 464 g/mol. The van der Waals surface area contributed by atoms with Gasteiger partial charge in [0, 0.05) is 24.4 Å². The van der Waals surface area contributed by atoms with E-state index in [4.69, 9.17) is 15.5 Å². The summed E-state index contributed by atoms with van der Waals surface area (Å²) in [4.78, 5) is 15.7. The second-order valence-corrected chi connectivity index (χ2v) is 10.9. The van der Waals surface area contributed by atoms with Gasteiger partial charge in [-0.1, -0.05) is 20.8 Å². The number of carboxylic acids is 1. The van der Waals surface area contributed by atoms with Crippen molar-refractivity contribution in [3.8, 4) is 0 Å². The van der Waals surface area contributed by atoms with Crippen LogP contribution in [0.2, 0.25) is 0 Å². The zero-order valence-electron chi connectivity index (χ0n) is 18.4. The van der Waals surface area contributed by atoms with E-state index < -0.39 is 27.7 Å². The minimum Gasteiger partial charge on any atom is -0.478 e. The number of hydrogen-bond donors (Lipinski definition) is 3. The van der Waals surface area contributed by atoms with E-state index in [1.54, 1.807) is 6.07 Å². The van der Waals surface area contributed by atoms with Gasteiger partial charge in [0.15, 0.2) is 0 Å². The molecule has 0 unspecified atom stereocenters. The van der Waals surface area contributed by atoms with Gasteiger partial charge in [-0.15, -0.1) is 0 Å². The maximum atomic E-state index is 13.6. The molecule has 0 aliphatic heterocycles. The van der Waals surface area contributed by atoms with Gasteiger partial charge in [-0.3, -0.25) is 4.72 Å². The van der Waals surface area contributed by atoms with Crippen molar-refractivity contribution in [1.29, 1.82) is 5.41 Å². The van der Waals surface area contributed by atoms with E-state index in [0.29, 0.717) is 37.0 Å². The number of sulfonamides is 1. The summed E-state index contributed by atoms with van der Waals surface area (Å²) in [6.45, 7) is 6.82. The standard InChI is InChI=1S/C22H29FN4O4S/c1-22(2,3)21-26-18-10-17(32(30,31)25-12-15(11-24)20(28)29)8-9-19(18)27(21)13-14-4-6-16(23)7-5-14/h8-12,14,16,24-25H,4-7,13H2,1-3H3,(H,28,29)/b15-12+,24-11?. The van der Waals surface area contributed by atoms with E-state index in [1.165, 1.54) is 12.1 Å². The number of nitrogens with zero attached hydrogens (tertiary/aromatic N) is 2. The van der Waals surface area contributed by atoms with E-state index in [0.717, 1.165) is 30.4 Å². The molecule has 0 bridgehead atoms. The molecule has 0 radical (unpaired) electrons. The first kappa shape index (κ1) is 23.9. The second-order valence-electron chi connectivity index (χ2n) is 9.24. The summed E-state index contributed by atoms with van der Waals surface area (Å²) in [5.74, 6) is -0.242. The highest BCUT2D eigenvalue weighted by Gasteiger charge is 2.27. The van der Waals surface area contributed by atoms with Crippen LogP contribution in [0.3, 0.4) is 0 Å². The highest BCUT2D eigenvalue weighted by atomic mass is 32.2. The van der Waals surface area contributed by atoms with Gasteiger partial charge in [-0.25, -0.2) is 22.6 Å². The number of carbonyl (C=O) groups is 1. The van der Waals surface area contributed by atoms with E-state index in [2.05, 4.69) is 9.29 Å². The largest absolute Gasteiger partial charge is 0.478 e. The summed E-state index contributed by atoms with van der Waals surface area (Å²) >= 11 is 0. The van der Waals surface area contributed by atoms with Crippen molar-refractivity contribution in [1.82, 2.24) is 14.3 Å². The van der Waals surface area contributed by atoms with Crippen molar-refractivity contribution in [2.24, 2.45) is 5.92 Å². The van der Waals surface area contributed by atoms with Crippen LogP contribution in [0.25, 0.3) is 11.0 Å². The molecule has 32 heavy (non-hydrogen) atoms. The minimum atomic E-state index is -4.05. The SMILES string of the molecule is CC(C)(C)c1nc2cc(S(=O)(=O)N/C=C(\C=N)C(=O)O)ccc2n1CC1CCC(F)CC1. The fourth-order valence-electron chi connectivity index (χ4n) is 3.97. The fourth-order valence-corrected chi connectivity index (χ4v) is 4.90. The number of aromatic nitrogens is 2. The van der Waals surface area contributed by atoms with E-state index in [1.807, 2.05) is 20.8 Å². The number of nitrogens with one attached hydrogen (secondary N) is 2. The maximum Gasteiger partial charge on any atom is 0.338 e. The molecule has 3 N–H and O–H groups in total. The molecule has 174 valence electrons. The summed E-state index contributed by atoms with van der Waals surface area (Å²) in [6.07, 6.45) is 3.36. The zero-order chi connectivity index (χ0) is 23.7. The molecule has 1 aromatic carbocycles. The third kappa shape index (κ3) is 5.17. The number of rotatable bonds is 7. The van der Waals surface area contributed by atoms with Crippen molar-refractivity contribution >= 4 is 33.2 Å². The molecule has 8 nitrogen and oxygen atoms in total. The Kier molecular flexibility index (Phi) is 6.73. The Balaban J connectivity index is 1.98. The van der Waals surface area contributed by atoms with Gasteiger partial charge in [0.05, 0.1) is 21.5 Å². The van der Waals surface area contributed by atoms with Gasteiger partial charge in [0.25, 0.3) is 10.0 Å². The lowest BCUT2D eigenvalue weighted by Gasteiger charge is -2.27. The molecular formula is C22H29FN4O4S. The molecule has 0 atom stereocenters. The number of alkyl halides is 1. The predicted octanol–water partition coefficient (Wildman–Crippen LogP) is 3.76. The quantitative estimate of drug-likeness (QED) is 0.425. The van der Waals surface area contributed by atoms with E-state index in [-0.39, 0.29) is 10.3 Å². The lowest BCUT2D eigenvalue weighted by molar-refractivity contribution is -0.132. The fraction of sp³-hybridized carbons (Fsp3) is 0.500. The van der Waals surface area contributed by atoms with Gasteiger partial charge in [-0.2, -0.15) is 0 Å². The molecule has 0 spiro atoms. The molecule has 2 aromatic rings. The number of imidazole rings is 1. The van der Waals surface area contributed by atoms with Crippen molar-refractivity contribution in [3.63, 3.8) is 0 Å². The van der Waals surface area contributed by atoms with Crippen LogP contribution < -0.4 is 4.72 Å². The minimum absolute atomic E-state index is 0.0565. The Labute approximate surface area is 187 Å². The maximum absolute atomic E-state index is 13.6. The van der Waals surface area contributed by atoms with Crippen LogP contribution in [0.15, 0.2) is 34.9 Å². The molecule has 1 aliphatic rings. The highest BCUT2D eigenvalue weighted by Crippen LogP contribution is 2.32. The van der Waals surface area contributed by atoms with Crippen LogP contribution in [0.4, 0.5) is 4.39 Å². The van der Waals surface area contributed by atoms with Crippen LogP contribution >= 0.6 is 0 Å². The van der Waals surface area contributed by atoms with E-state index in [9.17, 15) is 17.6 Å². The number of fused-ring (bicyclic) bond motifs is 1. The predicted molar refractivity (Wildman–Crippen MR) is 120 cm³/mol. The normalized spacial score (nSPS) is 20.3. The molecule has 1 saturated carbocycles. The topological polar surface area (TPSA) is 125 Å². The average molecular weight is 465 g/mol. The van der Waals surface area contributed by atoms with Gasteiger partial charge < -0.3 is 15.1 Å². The molecular weight excluding hydrogens is 435 g/mol. The zero-order valence-corrected chi connectivity index (χ0v) is 19.2. The smallest absolute Gasteiger partial charge is 0.338 e. The molecule has 1 heterocycles. The first-order chi connectivity index (χ1) is 14.9. The highest BCUT2D eigenvalue weighted by molar-refractivity contribution is 7.89. The van der Waals surface area contributed by atoms with Crippen LogP contribution in [-0.4, -0.2) is 41.4 Å². The number of hydrogen-bond acceptors (Lipinski definition) is 5. The average Bonchev–Trinajstić information content (AvgIpc) is 3.08. The van der Waals surface area contributed by atoms with Crippen molar-refractivity contribution < 1.29 is 22.7 Å². The lowest BCUT2D eigenvalue weighted by Crippen LogP contribution is -2.24. The Morgan fingerprint density at radius 2 is 1.97 bits per heavy atom.